The van der Waals surface area contributed by atoms with E-state index in [-0.39, 0.29) is 11.9 Å². The first kappa shape index (κ1) is 19.4. The van der Waals surface area contributed by atoms with Gasteiger partial charge in [0.05, 0.1) is 6.61 Å². The first-order valence-corrected chi connectivity index (χ1v) is 9.73. The molecule has 1 aliphatic heterocycles. The molecule has 2 atom stereocenters. The fourth-order valence-corrected chi connectivity index (χ4v) is 3.51. The van der Waals surface area contributed by atoms with Crippen LogP contribution in [0, 0.1) is 18.7 Å². The second-order valence-electron chi connectivity index (χ2n) is 7.26. The Balaban J connectivity index is 2.12. The topological polar surface area (TPSA) is 31.4 Å². The van der Waals surface area contributed by atoms with Crippen LogP contribution in [0.3, 0.4) is 0 Å². The average molecular weight is 369 g/mol. The highest BCUT2D eigenvalue weighted by atomic mass is 19.1. The van der Waals surface area contributed by atoms with Crippen molar-refractivity contribution in [1.29, 1.82) is 0 Å². The molecule has 0 bridgehead atoms. The van der Waals surface area contributed by atoms with Crippen LogP contribution in [0.25, 0.3) is 16.9 Å². The maximum Gasteiger partial charge on any atom is 0.218 e. The van der Waals surface area contributed by atoms with Gasteiger partial charge in [-0.1, -0.05) is 39.0 Å². The van der Waals surface area contributed by atoms with Gasteiger partial charge < -0.3 is 9.47 Å². The minimum Gasteiger partial charge on any atom is -0.492 e. The third kappa shape index (κ3) is 4.00. The lowest BCUT2D eigenvalue weighted by molar-refractivity contribution is 0.110. The number of aryl methyl sites for hydroxylation is 1. The maximum absolute atomic E-state index is 14.7. The fourth-order valence-electron chi connectivity index (χ4n) is 3.51. The number of hydrogen-bond donors (Lipinski definition) is 0. The van der Waals surface area contributed by atoms with Gasteiger partial charge in [-0.05, 0) is 55.9 Å². The van der Waals surface area contributed by atoms with Gasteiger partial charge in [-0.15, -0.1) is 0 Å². The number of ether oxygens (including phenoxy) is 2. The summed E-state index contributed by atoms with van der Waals surface area (Å²) in [5, 5.41) is 0. The summed E-state index contributed by atoms with van der Waals surface area (Å²) in [6.07, 6.45) is 2.91. The summed E-state index contributed by atoms with van der Waals surface area (Å²) in [7, 11) is 0. The van der Waals surface area contributed by atoms with E-state index in [0.717, 1.165) is 36.0 Å². The van der Waals surface area contributed by atoms with Crippen LogP contribution in [0.2, 0.25) is 0 Å². The van der Waals surface area contributed by atoms with Crippen molar-refractivity contribution in [3.8, 4) is 17.0 Å². The average Bonchev–Trinajstić information content (AvgIpc) is 2.66. The molecule has 0 amide bonds. The highest BCUT2D eigenvalue weighted by Gasteiger charge is 2.28. The number of halogens is 1. The van der Waals surface area contributed by atoms with E-state index in [9.17, 15) is 4.39 Å². The minimum absolute atomic E-state index is 0.126. The van der Waals surface area contributed by atoms with Crippen molar-refractivity contribution in [3.05, 3.63) is 53.5 Å². The molecule has 144 valence electrons. The normalized spacial score (nSPS) is 17.0. The van der Waals surface area contributed by atoms with Gasteiger partial charge in [-0.25, -0.2) is 9.37 Å². The van der Waals surface area contributed by atoms with Gasteiger partial charge in [0.2, 0.25) is 5.88 Å². The first-order chi connectivity index (χ1) is 12.9. The highest BCUT2D eigenvalue weighted by molar-refractivity contribution is 5.74. The molecule has 0 saturated heterocycles. The van der Waals surface area contributed by atoms with E-state index in [0.29, 0.717) is 35.4 Å². The van der Waals surface area contributed by atoms with Crippen LogP contribution in [0.1, 0.15) is 50.4 Å². The van der Waals surface area contributed by atoms with Gasteiger partial charge in [0.15, 0.2) is 0 Å². The summed E-state index contributed by atoms with van der Waals surface area (Å²) in [5.74, 6) is 1.27. The van der Waals surface area contributed by atoms with Gasteiger partial charge in [-0.3, -0.25) is 0 Å². The van der Waals surface area contributed by atoms with E-state index >= 15 is 0 Å². The van der Waals surface area contributed by atoms with E-state index in [4.69, 9.17) is 9.47 Å². The molecule has 27 heavy (non-hydrogen) atoms. The van der Waals surface area contributed by atoms with Crippen LogP contribution >= 0.6 is 0 Å². The molecule has 0 radical (unpaired) electrons. The van der Waals surface area contributed by atoms with Gasteiger partial charge >= 0.3 is 0 Å². The molecule has 2 heterocycles. The van der Waals surface area contributed by atoms with Crippen LogP contribution in [0.5, 0.6) is 5.88 Å². The molecule has 3 rings (SSSR count). The van der Waals surface area contributed by atoms with E-state index in [1.807, 2.05) is 32.0 Å². The Kier molecular flexibility index (Phi) is 5.83. The number of aromatic nitrogens is 1. The summed E-state index contributed by atoms with van der Waals surface area (Å²) in [6, 6.07) is 7.19. The number of rotatable bonds is 6. The van der Waals surface area contributed by atoms with E-state index in [1.165, 1.54) is 0 Å². The monoisotopic (exact) mass is 369 g/mol. The molecule has 0 spiro atoms. The second-order valence-corrected chi connectivity index (χ2v) is 7.26. The standard InChI is InChI=1S/C23H28FNO2/c1-6-15(4)22-11-10-18-19(17-9-8-14(3)12-20(17)24)13-21(16(5)26-7-2)25-23(18)27-22/h8-9,12-13,15,22H,5-7,10-11H2,1-4H3/t15-,22+/m1/s1. The van der Waals surface area contributed by atoms with Crippen molar-refractivity contribution in [2.24, 2.45) is 5.92 Å². The van der Waals surface area contributed by atoms with Crippen LogP contribution in [-0.2, 0) is 11.2 Å². The third-order valence-corrected chi connectivity index (χ3v) is 5.33. The van der Waals surface area contributed by atoms with Crippen LogP contribution in [0.15, 0.2) is 30.8 Å². The molecule has 1 aromatic carbocycles. The lowest BCUT2D eigenvalue weighted by Crippen LogP contribution is -2.30. The Morgan fingerprint density at radius 2 is 2.11 bits per heavy atom. The lowest BCUT2D eigenvalue weighted by atomic mass is 9.89. The van der Waals surface area contributed by atoms with Crippen molar-refractivity contribution in [1.82, 2.24) is 4.98 Å². The Hall–Kier alpha value is -2.36. The van der Waals surface area contributed by atoms with Crippen molar-refractivity contribution in [3.63, 3.8) is 0 Å². The summed E-state index contributed by atoms with van der Waals surface area (Å²) in [6.45, 7) is 12.6. The predicted octanol–water partition coefficient (Wildman–Crippen LogP) is 5.94. The number of nitrogens with zero attached hydrogens (tertiary/aromatic N) is 1. The van der Waals surface area contributed by atoms with Gasteiger partial charge in [0, 0.05) is 11.1 Å². The molecule has 0 aliphatic carbocycles. The van der Waals surface area contributed by atoms with Crippen LogP contribution < -0.4 is 4.74 Å². The predicted molar refractivity (Wildman–Crippen MR) is 107 cm³/mol. The molecule has 3 nitrogen and oxygen atoms in total. The quantitative estimate of drug-likeness (QED) is 0.590. The zero-order chi connectivity index (χ0) is 19.6. The van der Waals surface area contributed by atoms with Gasteiger partial charge in [-0.2, -0.15) is 0 Å². The first-order valence-electron chi connectivity index (χ1n) is 9.73. The minimum atomic E-state index is -0.236. The maximum atomic E-state index is 14.7. The molecular formula is C23H28FNO2. The Labute approximate surface area is 161 Å². The molecule has 0 fully saturated rings. The Morgan fingerprint density at radius 1 is 1.33 bits per heavy atom. The number of hydrogen-bond acceptors (Lipinski definition) is 3. The third-order valence-electron chi connectivity index (χ3n) is 5.33. The molecule has 1 aromatic heterocycles. The summed E-state index contributed by atoms with van der Waals surface area (Å²) >= 11 is 0. The Morgan fingerprint density at radius 3 is 2.78 bits per heavy atom. The molecule has 0 N–H and O–H groups in total. The van der Waals surface area contributed by atoms with Gasteiger partial charge in [0.1, 0.15) is 23.4 Å². The molecule has 1 aliphatic rings. The van der Waals surface area contributed by atoms with E-state index in [1.54, 1.807) is 6.07 Å². The van der Waals surface area contributed by atoms with Crippen molar-refractivity contribution < 1.29 is 13.9 Å². The second kappa shape index (κ2) is 8.12. The zero-order valence-electron chi connectivity index (χ0n) is 16.6. The van der Waals surface area contributed by atoms with Crippen molar-refractivity contribution >= 4 is 5.76 Å². The molecular weight excluding hydrogens is 341 g/mol. The van der Waals surface area contributed by atoms with Crippen molar-refractivity contribution in [2.75, 3.05) is 6.61 Å². The van der Waals surface area contributed by atoms with Crippen LogP contribution in [-0.4, -0.2) is 17.7 Å². The smallest absolute Gasteiger partial charge is 0.218 e. The van der Waals surface area contributed by atoms with Crippen LogP contribution in [0.4, 0.5) is 4.39 Å². The summed E-state index contributed by atoms with van der Waals surface area (Å²) in [5.41, 5.74) is 3.83. The molecule has 2 aromatic rings. The molecule has 0 unspecified atom stereocenters. The zero-order valence-corrected chi connectivity index (χ0v) is 16.6. The largest absolute Gasteiger partial charge is 0.492 e. The molecule has 4 heteroatoms. The van der Waals surface area contributed by atoms with E-state index in [2.05, 4.69) is 25.4 Å². The lowest BCUT2D eigenvalue weighted by Gasteiger charge is -2.31. The van der Waals surface area contributed by atoms with E-state index < -0.39 is 0 Å². The summed E-state index contributed by atoms with van der Waals surface area (Å²) < 4.78 is 26.5. The number of fused-ring (bicyclic) bond motifs is 1. The fraction of sp³-hybridized carbons (Fsp3) is 0.435. The number of pyridine rings is 1. The van der Waals surface area contributed by atoms with Crippen molar-refractivity contribution in [2.45, 2.75) is 53.1 Å². The summed E-state index contributed by atoms with van der Waals surface area (Å²) in [4.78, 5) is 4.66. The number of benzene rings is 1. The molecule has 0 saturated carbocycles. The Bertz CT molecular complexity index is 847. The van der Waals surface area contributed by atoms with Gasteiger partial charge in [0.25, 0.3) is 0 Å². The SMILES string of the molecule is C=C(OCC)c1cc(-c2ccc(C)cc2F)c2c(n1)O[C@H]([C@H](C)CC)CC2. The highest BCUT2D eigenvalue weighted by Crippen LogP contribution is 2.39.